The Hall–Kier alpha value is -1.88. The van der Waals surface area contributed by atoms with Gasteiger partial charge in [0.05, 0.1) is 11.3 Å². The van der Waals surface area contributed by atoms with Crippen molar-refractivity contribution in [2.75, 3.05) is 0 Å². The molecular weight excluding hydrogens is 343 g/mol. The zero-order valence-electron chi connectivity index (χ0n) is 10.9. The monoisotopic (exact) mass is 353 g/mol. The highest BCUT2D eigenvalue weighted by Gasteiger charge is 2.33. The second-order valence-electron chi connectivity index (χ2n) is 4.27. The minimum atomic E-state index is -4.47. The molecule has 0 spiro atoms. The number of para-hydroxylation sites is 1. The predicted octanol–water partition coefficient (Wildman–Crippen LogP) is 5.78. The highest BCUT2D eigenvalue weighted by atomic mass is 79.9. The van der Waals surface area contributed by atoms with Gasteiger partial charge < -0.3 is 0 Å². The van der Waals surface area contributed by atoms with E-state index in [1.807, 2.05) is 24.3 Å². The first-order valence-corrected chi connectivity index (χ1v) is 6.83. The molecule has 0 fully saturated rings. The van der Waals surface area contributed by atoms with Gasteiger partial charge in [0.2, 0.25) is 0 Å². The maximum Gasteiger partial charge on any atom is 0.416 e. The van der Waals surface area contributed by atoms with E-state index >= 15 is 0 Å². The van der Waals surface area contributed by atoms with Gasteiger partial charge in [-0.1, -0.05) is 58.9 Å². The van der Waals surface area contributed by atoms with Crippen LogP contribution < -0.4 is 0 Å². The maximum atomic E-state index is 12.8. The molecule has 0 amide bonds. The van der Waals surface area contributed by atoms with Gasteiger partial charge in [0.1, 0.15) is 0 Å². The Bertz CT molecular complexity index is 690. The van der Waals surface area contributed by atoms with E-state index in [0.29, 0.717) is 0 Å². The zero-order chi connectivity index (χ0) is 15.5. The van der Waals surface area contributed by atoms with Crippen molar-refractivity contribution in [2.24, 2.45) is 4.99 Å². The largest absolute Gasteiger partial charge is 0.416 e. The van der Waals surface area contributed by atoms with Gasteiger partial charge in [0.15, 0.2) is 0 Å². The fourth-order valence-corrected chi connectivity index (χ4v) is 2.10. The molecule has 21 heavy (non-hydrogen) atoms. The Labute approximate surface area is 129 Å². The Morgan fingerprint density at radius 2 is 1.67 bits per heavy atom. The molecule has 0 aliphatic rings. The van der Waals surface area contributed by atoms with Crippen molar-refractivity contribution in [3.8, 4) is 0 Å². The third-order valence-corrected chi connectivity index (χ3v) is 3.54. The van der Waals surface area contributed by atoms with Crippen LogP contribution in [0.1, 0.15) is 11.1 Å². The fraction of sp³-hybridized carbons (Fsp3) is 0.0625. The van der Waals surface area contributed by atoms with Gasteiger partial charge in [-0.15, -0.1) is 0 Å². The van der Waals surface area contributed by atoms with Crippen LogP contribution in [-0.2, 0) is 0 Å². The van der Waals surface area contributed by atoms with Crippen LogP contribution in [-0.4, -0.2) is 12.4 Å². The van der Waals surface area contributed by atoms with Gasteiger partial charge in [-0.3, -0.25) is 4.99 Å². The maximum absolute atomic E-state index is 12.8. The van der Waals surface area contributed by atoms with Crippen LogP contribution in [0.5, 0.6) is 0 Å². The van der Waals surface area contributed by atoms with Crippen molar-refractivity contribution in [1.29, 1.82) is 0 Å². The summed E-state index contributed by atoms with van der Waals surface area (Å²) >= 11 is 3.36. The summed E-state index contributed by atoms with van der Waals surface area (Å²) in [5.41, 5.74) is 0.0937. The smallest absolute Gasteiger partial charge is 0.256 e. The lowest BCUT2D eigenvalue weighted by atomic mass is 10.1. The fourth-order valence-electron chi connectivity index (χ4n) is 1.71. The molecule has 2 rings (SSSR count). The number of benzene rings is 2. The summed E-state index contributed by atoms with van der Waals surface area (Å²) in [5.74, 6) is 0. The van der Waals surface area contributed by atoms with Crippen molar-refractivity contribution in [2.45, 2.75) is 6.18 Å². The number of allylic oxidation sites excluding steroid dienone is 1. The molecule has 0 radical (unpaired) electrons. The molecule has 1 nitrogen and oxygen atoms in total. The molecule has 0 N–H and O–H groups in total. The Kier molecular flexibility index (Phi) is 4.63. The number of aliphatic imine (C=N–C) groups is 1. The first kappa shape index (κ1) is 15.5. The van der Waals surface area contributed by atoms with Crippen LogP contribution in [0.15, 0.2) is 64.6 Å². The van der Waals surface area contributed by atoms with E-state index in [9.17, 15) is 13.2 Å². The summed E-state index contributed by atoms with van der Waals surface area (Å²) < 4.78 is 39.2. The van der Waals surface area contributed by atoms with E-state index in [2.05, 4.69) is 27.5 Å². The Morgan fingerprint density at radius 1 is 1.05 bits per heavy atom. The average Bonchev–Trinajstić information content (AvgIpc) is 2.45. The lowest BCUT2D eigenvalue weighted by Gasteiger charge is -2.12. The normalized spacial score (nSPS) is 11.8. The minimum absolute atomic E-state index is 0.0201. The summed E-state index contributed by atoms with van der Waals surface area (Å²) in [6.07, 6.45) is -2.95. The Balaban J connectivity index is 2.38. The zero-order valence-corrected chi connectivity index (χ0v) is 12.4. The van der Waals surface area contributed by atoms with Gasteiger partial charge in [0.25, 0.3) is 0 Å². The number of hydrogen-bond acceptors (Lipinski definition) is 1. The molecule has 0 aromatic heterocycles. The number of nitrogens with zero attached hydrogens (tertiary/aromatic N) is 1. The van der Waals surface area contributed by atoms with E-state index in [0.717, 1.165) is 10.0 Å². The minimum Gasteiger partial charge on any atom is -0.256 e. The highest BCUT2D eigenvalue weighted by Crippen LogP contribution is 2.36. The second kappa shape index (κ2) is 6.26. The molecule has 0 bridgehead atoms. The number of alkyl halides is 3. The lowest BCUT2D eigenvalue weighted by molar-refractivity contribution is -0.0686. The summed E-state index contributed by atoms with van der Waals surface area (Å²) in [6.45, 7) is 3.12. The summed E-state index contributed by atoms with van der Waals surface area (Å²) in [4.78, 5) is 4.16. The third kappa shape index (κ3) is 3.82. The summed E-state index contributed by atoms with van der Waals surface area (Å²) in [6, 6.07) is 13.4. The van der Waals surface area contributed by atoms with Crippen molar-refractivity contribution in [3.05, 3.63) is 70.7 Å². The van der Waals surface area contributed by atoms with Crippen LogP contribution in [0.25, 0.3) is 5.57 Å². The molecule has 5 heteroatoms. The van der Waals surface area contributed by atoms with Crippen molar-refractivity contribution >= 4 is 33.4 Å². The quantitative estimate of drug-likeness (QED) is 0.620. The van der Waals surface area contributed by atoms with Gasteiger partial charge >= 0.3 is 6.18 Å². The summed E-state index contributed by atoms with van der Waals surface area (Å²) in [7, 11) is 0. The van der Waals surface area contributed by atoms with Gasteiger partial charge in [-0.2, -0.15) is 13.2 Å². The van der Waals surface area contributed by atoms with Gasteiger partial charge in [-0.05, 0) is 12.1 Å². The van der Waals surface area contributed by atoms with Crippen LogP contribution >= 0.6 is 15.9 Å². The van der Waals surface area contributed by atoms with E-state index in [4.69, 9.17) is 0 Å². The molecule has 2 aromatic carbocycles. The van der Waals surface area contributed by atoms with Gasteiger partial charge in [0, 0.05) is 21.8 Å². The predicted molar refractivity (Wildman–Crippen MR) is 82.9 cm³/mol. The van der Waals surface area contributed by atoms with Crippen LogP contribution in [0.4, 0.5) is 18.9 Å². The standard InChI is InChI=1S/C16H11BrF3N/c1-11(16(18,19)20)13-7-3-5-9-15(13)21-10-12-6-2-4-8-14(12)17/h2-10H,1H2. The van der Waals surface area contributed by atoms with Crippen LogP contribution in [0.2, 0.25) is 0 Å². The molecule has 0 atom stereocenters. The Morgan fingerprint density at radius 3 is 2.33 bits per heavy atom. The molecule has 108 valence electrons. The number of halogens is 4. The molecule has 0 saturated heterocycles. The average molecular weight is 354 g/mol. The van der Waals surface area contributed by atoms with Crippen LogP contribution in [0.3, 0.4) is 0 Å². The molecule has 0 aliphatic heterocycles. The summed E-state index contributed by atoms with van der Waals surface area (Å²) in [5, 5.41) is 0. The molecule has 0 aliphatic carbocycles. The third-order valence-electron chi connectivity index (χ3n) is 2.82. The first-order valence-electron chi connectivity index (χ1n) is 6.03. The molecule has 0 unspecified atom stereocenters. The topological polar surface area (TPSA) is 12.4 Å². The van der Waals surface area contributed by atoms with Crippen molar-refractivity contribution in [1.82, 2.24) is 0 Å². The molecule has 2 aromatic rings. The molecular formula is C16H11BrF3N. The van der Waals surface area contributed by atoms with Crippen molar-refractivity contribution in [3.63, 3.8) is 0 Å². The highest BCUT2D eigenvalue weighted by molar-refractivity contribution is 9.10. The van der Waals surface area contributed by atoms with Crippen LogP contribution in [0, 0.1) is 0 Å². The van der Waals surface area contributed by atoms with Gasteiger partial charge in [-0.25, -0.2) is 0 Å². The molecule has 0 heterocycles. The van der Waals surface area contributed by atoms with E-state index in [1.165, 1.54) is 24.4 Å². The van der Waals surface area contributed by atoms with E-state index in [-0.39, 0.29) is 11.3 Å². The van der Waals surface area contributed by atoms with E-state index < -0.39 is 11.7 Å². The van der Waals surface area contributed by atoms with Crippen molar-refractivity contribution < 1.29 is 13.2 Å². The number of hydrogen-bond donors (Lipinski definition) is 0. The molecule has 0 saturated carbocycles. The second-order valence-corrected chi connectivity index (χ2v) is 5.13. The first-order chi connectivity index (χ1) is 9.89. The number of rotatable bonds is 3. The SMILES string of the molecule is C=C(c1ccccc1N=Cc1ccccc1Br)C(F)(F)F. The van der Waals surface area contributed by atoms with E-state index in [1.54, 1.807) is 6.07 Å². The lowest BCUT2D eigenvalue weighted by Crippen LogP contribution is -2.09.